The van der Waals surface area contributed by atoms with Gasteiger partial charge in [0, 0.05) is 19.1 Å². The smallest absolute Gasteiger partial charge is 0.266 e. The lowest BCUT2D eigenvalue weighted by atomic mass is 10.0. The first kappa shape index (κ1) is 28.1. The summed E-state index contributed by atoms with van der Waals surface area (Å²) in [7, 11) is -1.57. The lowest BCUT2D eigenvalue weighted by Crippen LogP contribution is -2.47. The normalized spacial score (nSPS) is 15.3. The van der Waals surface area contributed by atoms with Crippen LogP contribution in [0.3, 0.4) is 0 Å². The van der Waals surface area contributed by atoms with E-state index in [1.165, 1.54) is 28.6 Å². The Morgan fingerprint density at radius 3 is 1.95 bits per heavy atom. The summed E-state index contributed by atoms with van der Waals surface area (Å²) in [6.07, 6.45) is -0.449. The van der Waals surface area contributed by atoms with E-state index >= 15 is 0 Å². The predicted molar refractivity (Wildman–Crippen MR) is 150 cm³/mol. The topological polar surface area (TPSA) is 107 Å². The van der Waals surface area contributed by atoms with E-state index in [0.29, 0.717) is 23.2 Å². The number of hydrogen-bond donors (Lipinski definition) is 2. The standard InChI is InChI=1S/C28H32N3O5PS/c1-19(2)17-30(18-26(32)25(29-37)16-20-8-4-3-5-9-20)38(35,36)22-14-12-21(13-15-22)31-27(33)23-10-6-7-11-24(23)28(31)34/h3-15,19,25-26,29,32H,16-18,37H2,1-2H3/t25?,26-/m0/s1. The summed E-state index contributed by atoms with van der Waals surface area (Å²) in [6.45, 7) is 3.94. The molecule has 2 unspecified atom stereocenters. The second kappa shape index (κ2) is 11.8. The van der Waals surface area contributed by atoms with Gasteiger partial charge in [0.2, 0.25) is 10.0 Å². The van der Waals surface area contributed by atoms with Gasteiger partial charge in [-0.2, -0.15) is 4.31 Å². The molecule has 0 bridgehead atoms. The minimum Gasteiger partial charge on any atom is -0.390 e. The molecule has 0 radical (unpaired) electrons. The summed E-state index contributed by atoms with van der Waals surface area (Å²) >= 11 is 0. The lowest BCUT2D eigenvalue weighted by Gasteiger charge is -2.30. The highest BCUT2D eigenvalue weighted by atomic mass is 32.2. The third-order valence-electron chi connectivity index (χ3n) is 6.46. The van der Waals surface area contributed by atoms with Gasteiger partial charge < -0.3 is 5.11 Å². The molecule has 3 aromatic carbocycles. The van der Waals surface area contributed by atoms with Crippen LogP contribution in [0.2, 0.25) is 0 Å². The highest BCUT2D eigenvalue weighted by molar-refractivity contribution is 7.89. The van der Waals surface area contributed by atoms with Crippen molar-refractivity contribution in [3.63, 3.8) is 0 Å². The fraction of sp³-hybridized carbons (Fsp3) is 0.286. The highest BCUT2D eigenvalue weighted by Crippen LogP contribution is 2.29. The van der Waals surface area contributed by atoms with Gasteiger partial charge in [0.05, 0.1) is 27.8 Å². The molecular formula is C28H32N3O5PS. The number of anilines is 1. The number of sulfonamides is 1. The van der Waals surface area contributed by atoms with Crippen molar-refractivity contribution in [1.82, 2.24) is 9.39 Å². The van der Waals surface area contributed by atoms with E-state index in [4.69, 9.17) is 0 Å². The summed E-state index contributed by atoms with van der Waals surface area (Å²) in [5, 5.41) is 14.1. The van der Waals surface area contributed by atoms with E-state index in [0.717, 1.165) is 10.5 Å². The van der Waals surface area contributed by atoms with Crippen LogP contribution in [-0.2, 0) is 16.4 Å². The third-order valence-corrected chi connectivity index (χ3v) is 8.74. The van der Waals surface area contributed by atoms with Crippen molar-refractivity contribution >= 4 is 36.9 Å². The Labute approximate surface area is 226 Å². The molecule has 10 heteroatoms. The maximum Gasteiger partial charge on any atom is 0.266 e. The van der Waals surface area contributed by atoms with Crippen LogP contribution in [0, 0.1) is 5.92 Å². The van der Waals surface area contributed by atoms with E-state index in [9.17, 15) is 23.1 Å². The molecule has 0 saturated heterocycles. The summed E-state index contributed by atoms with van der Waals surface area (Å²) in [4.78, 5) is 26.7. The van der Waals surface area contributed by atoms with E-state index < -0.39 is 27.9 Å². The van der Waals surface area contributed by atoms with Gasteiger partial charge in [-0.15, -0.1) is 0 Å². The molecule has 3 aromatic rings. The maximum atomic E-state index is 13.7. The molecule has 4 rings (SSSR count). The SMILES string of the molecule is CC(C)CN(C[C@H](O)C(Cc1ccccc1)NP)S(=O)(=O)c1ccc(N2C(=O)c3ccccc3C2=O)cc1. The minimum atomic E-state index is -3.98. The molecule has 0 spiro atoms. The molecule has 3 atom stereocenters. The molecule has 2 amide bonds. The number of amides is 2. The van der Waals surface area contributed by atoms with Crippen LogP contribution in [-0.4, -0.2) is 54.9 Å². The van der Waals surface area contributed by atoms with Gasteiger partial charge in [0.25, 0.3) is 11.8 Å². The van der Waals surface area contributed by atoms with Crippen molar-refractivity contribution in [2.24, 2.45) is 5.92 Å². The largest absolute Gasteiger partial charge is 0.390 e. The van der Waals surface area contributed by atoms with Crippen molar-refractivity contribution in [3.05, 3.63) is 95.6 Å². The zero-order valence-corrected chi connectivity index (χ0v) is 23.3. The Balaban J connectivity index is 1.55. The molecule has 1 aliphatic rings. The molecule has 1 heterocycles. The van der Waals surface area contributed by atoms with Crippen LogP contribution in [0.5, 0.6) is 0 Å². The quantitative estimate of drug-likeness (QED) is 0.278. The average molecular weight is 554 g/mol. The van der Waals surface area contributed by atoms with Gasteiger partial charge in [-0.05, 0) is 54.3 Å². The first-order chi connectivity index (χ1) is 18.1. The zero-order valence-electron chi connectivity index (χ0n) is 21.3. The van der Waals surface area contributed by atoms with Crippen LogP contribution >= 0.6 is 9.39 Å². The van der Waals surface area contributed by atoms with Gasteiger partial charge in [0.15, 0.2) is 0 Å². The minimum absolute atomic E-state index is 0.0177. The number of rotatable bonds is 11. The van der Waals surface area contributed by atoms with Crippen LogP contribution in [0.1, 0.15) is 40.1 Å². The van der Waals surface area contributed by atoms with E-state index in [1.807, 2.05) is 44.2 Å². The number of hydrogen-bond acceptors (Lipinski definition) is 6. The van der Waals surface area contributed by atoms with Crippen LogP contribution in [0.25, 0.3) is 0 Å². The Morgan fingerprint density at radius 2 is 1.42 bits per heavy atom. The number of benzene rings is 3. The van der Waals surface area contributed by atoms with Gasteiger partial charge >= 0.3 is 0 Å². The highest BCUT2D eigenvalue weighted by Gasteiger charge is 2.37. The van der Waals surface area contributed by atoms with Crippen LogP contribution < -0.4 is 9.99 Å². The average Bonchev–Trinajstić information content (AvgIpc) is 3.17. The van der Waals surface area contributed by atoms with Crippen molar-refractivity contribution in [2.45, 2.75) is 37.3 Å². The maximum absolute atomic E-state index is 13.7. The fourth-order valence-electron chi connectivity index (χ4n) is 4.53. The van der Waals surface area contributed by atoms with E-state index in [1.54, 1.807) is 24.3 Å². The molecule has 8 nitrogen and oxygen atoms in total. The molecule has 0 aliphatic carbocycles. The molecule has 38 heavy (non-hydrogen) atoms. The number of carbonyl (C=O) groups excluding carboxylic acids is 2. The summed E-state index contributed by atoms with van der Waals surface area (Å²) < 4.78 is 28.6. The monoisotopic (exact) mass is 553 g/mol. The van der Waals surface area contributed by atoms with Crippen molar-refractivity contribution < 1.29 is 23.1 Å². The van der Waals surface area contributed by atoms with E-state index in [-0.39, 0.29) is 29.9 Å². The van der Waals surface area contributed by atoms with Gasteiger partial charge in [-0.3, -0.25) is 14.7 Å². The molecule has 0 aromatic heterocycles. The zero-order chi connectivity index (χ0) is 27.4. The number of nitrogens with zero attached hydrogens (tertiary/aromatic N) is 2. The van der Waals surface area contributed by atoms with E-state index in [2.05, 4.69) is 14.5 Å². The Bertz CT molecular complexity index is 1360. The first-order valence-corrected chi connectivity index (χ1v) is 14.4. The molecule has 0 saturated carbocycles. The summed E-state index contributed by atoms with van der Waals surface area (Å²) in [5.41, 5.74) is 1.95. The van der Waals surface area contributed by atoms with Crippen LogP contribution in [0.15, 0.2) is 83.8 Å². The van der Waals surface area contributed by atoms with Gasteiger partial charge in [-0.25, -0.2) is 13.3 Å². The summed E-state index contributed by atoms with van der Waals surface area (Å²) in [6, 6.07) is 21.6. The second-order valence-corrected chi connectivity index (χ2v) is 12.0. The predicted octanol–water partition coefficient (Wildman–Crippen LogP) is 3.49. The van der Waals surface area contributed by atoms with Crippen molar-refractivity contribution in [3.8, 4) is 0 Å². The molecule has 1 aliphatic heterocycles. The number of fused-ring (bicyclic) bond motifs is 1. The van der Waals surface area contributed by atoms with Gasteiger partial charge in [0.1, 0.15) is 0 Å². The van der Waals surface area contributed by atoms with Crippen LogP contribution in [0.4, 0.5) is 5.69 Å². The van der Waals surface area contributed by atoms with Crippen molar-refractivity contribution in [2.75, 3.05) is 18.0 Å². The molecule has 0 fully saturated rings. The van der Waals surface area contributed by atoms with Gasteiger partial charge in [-0.1, -0.05) is 65.7 Å². The number of carbonyl (C=O) groups is 2. The Morgan fingerprint density at radius 1 is 0.868 bits per heavy atom. The number of aliphatic hydroxyl groups excluding tert-OH is 1. The van der Waals surface area contributed by atoms with Crippen molar-refractivity contribution in [1.29, 1.82) is 0 Å². The number of nitrogens with one attached hydrogen (secondary N) is 1. The third kappa shape index (κ3) is 5.87. The Hall–Kier alpha value is -2.94. The number of aliphatic hydroxyl groups is 1. The first-order valence-electron chi connectivity index (χ1n) is 12.4. The lowest BCUT2D eigenvalue weighted by molar-refractivity contribution is 0.0926. The molecule has 200 valence electrons. The number of imide groups is 1. The molecule has 2 N–H and O–H groups in total. The Kier molecular flexibility index (Phi) is 8.75. The summed E-state index contributed by atoms with van der Waals surface area (Å²) in [5.74, 6) is -0.869. The fourth-order valence-corrected chi connectivity index (χ4v) is 6.49. The molecular weight excluding hydrogens is 521 g/mol. The second-order valence-electron chi connectivity index (χ2n) is 9.73.